The van der Waals surface area contributed by atoms with Gasteiger partial charge >= 0.3 is 0 Å². The average molecular weight is 286 g/mol. The highest BCUT2D eigenvalue weighted by atomic mass is 16.1. The van der Waals surface area contributed by atoms with Crippen LogP contribution in [-0.4, -0.2) is 68.1 Å². The predicted molar refractivity (Wildman–Crippen MR) is 85.8 cm³/mol. The Balaban J connectivity index is 4.07. The molecule has 5 nitrogen and oxygen atoms in total. The summed E-state index contributed by atoms with van der Waals surface area (Å²) in [4.78, 5) is 16.2. The van der Waals surface area contributed by atoms with Crippen LogP contribution in [0.15, 0.2) is 0 Å². The zero-order valence-electron chi connectivity index (χ0n) is 14.0. The third-order valence-electron chi connectivity index (χ3n) is 3.79. The Bertz CT molecular complexity index is 271. The molecule has 3 N–H and O–H groups in total. The van der Waals surface area contributed by atoms with Crippen LogP contribution in [-0.2, 0) is 4.79 Å². The Hall–Kier alpha value is -0.650. The number of carbonyl (C=O) groups is 1. The number of hydrogen-bond donors (Lipinski definition) is 2. The molecule has 0 bridgehead atoms. The second-order valence-electron chi connectivity index (χ2n) is 5.92. The summed E-state index contributed by atoms with van der Waals surface area (Å²) in [5.74, 6) is -0.255. The number of rotatable bonds is 12. The van der Waals surface area contributed by atoms with Crippen LogP contribution < -0.4 is 11.1 Å². The van der Waals surface area contributed by atoms with Gasteiger partial charge < -0.3 is 20.9 Å². The number of nitrogens with one attached hydrogen (secondary N) is 1. The van der Waals surface area contributed by atoms with Crippen molar-refractivity contribution in [3.05, 3.63) is 0 Å². The molecule has 0 saturated heterocycles. The maximum Gasteiger partial charge on any atom is 0.237 e. The minimum atomic E-state index is -0.572. The van der Waals surface area contributed by atoms with E-state index in [1.54, 1.807) is 0 Å². The maximum absolute atomic E-state index is 11.5. The summed E-state index contributed by atoms with van der Waals surface area (Å²) >= 11 is 0. The molecule has 0 aliphatic carbocycles. The van der Waals surface area contributed by atoms with Crippen molar-refractivity contribution in [3.8, 4) is 0 Å². The molecule has 0 aromatic rings. The first-order valence-corrected chi connectivity index (χ1v) is 7.77. The molecule has 5 heteroatoms. The summed E-state index contributed by atoms with van der Waals surface area (Å²) in [6, 6.07) is 0. The quantitative estimate of drug-likeness (QED) is 0.559. The van der Waals surface area contributed by atoms with Gasteiger partial charge in [0.2, 0.25) is 5.91 Å². The summed E-state index contributed by atoms with van der Waals surface area (Å²) in [5.41, 5.74) is 4.93. The van der Waals surface area contributed by atoms with Crippen LogP contribution in [0.2, 0.25) is 0 Å². The minimum Gasteiger partial charge on any atom is -0.368 e. The van der Waals surface area contributed by atoms with Crippen molar-refractivity contribution in [1.29, 1.82) is 0 Å². The molecule has 0 aliphatic heterocycles. The second-order valence-corrected chi connectivity index (χ2v) is 5.92. The summed E-state index contributed by atoms with van der Waals surface area (Å²) in [6.45, 7) is 11.2. The molecule has 0 saturated carbocycles. The molecule has 0 aliphatic rings. The van der Waals surface area contributed by atoms with Gasteiger partial charge in [0.05, 0.1) is 5.54 Å². The molecule has 20 heavy (non-hydrogen) atoms. The van der Waals surface area contributed by atoms with Crippen molar-refractivity contribution in [3.63, 3.8) is 0 Å². The average Bonchev–Trinajstić information content (AvgIpc) is 2.36. The normalized spacial score (nSPS) is 14.8. The van der Waals surface area contributed by atoms with Crippen molar-refractivity contribution in [2.45, 2.75) is 45.6 Å². The van der Waals surface area contributed by atoms with E-state index in [0.717, 1.165) is 45.6 Å². The number of nitrogens with zero attached hydrogens (tertiary/aromatic N) is 2. The van der Waals surface area contributed by atoms with Crippen LogP contribution in [0.25, 0.3) is 0 Å². The highest BCUT2D eigenvalue weighted by Gasteiger charge is 2.29. The van der Waals surface area contributed by atoms with E-state index >= 15 is 0 Å². The number of likely N-dealkylation sites (N-methyl/N-ethyl adjacent to an activating group) is 1. The lowest BCUT2D eigenvalue weighted by atomic mass is 9.94. The zero-order valence-corrected chi connectivity index (χ0v) is 14.0. The van der Waals surface area contributed by atoms with Crippen molar-refractivity contribution in [1.82, 2.24) is 15.1 Å². The van der Waals surface area contributed by atoms with Gasteiger partial charge in [-0.15, -0.1) is 0 Å². The van der Waals surface area contributed by atoms with Crippen LogP contribution in [0.1, 0.15) is 40.0 Å². The van der Waals surface area contributed by atoms with Gasteiger partial charge in [-0.25, -0.2) is 0 Å². The topological polar surface area (TPSA) is 61.6 Å². The number of carbonyl (C=O) groups excluding carboxylic acids is 1. The highest BCUT2D eigenvalue weighted by Crippen LogP contribution is 2.12. The molecular weight excluding hydrogens is 252 g/mol. The van der Waals surface area contributed by atoms with Crippen molar-refractivity contribution < 1.29 is 4.79 Å². The number of hydrogen-bond acceptors (Lipinski definition) is 4. The Kier molecular flexibility index (Phi) is 9.80. The van der Waals surface area contributed by atoms with E-state index in [1.807, 2.05) is 13.8 Å². The molecule has 0 aromatic carbocycles. The molecule has 0 heterocycles. The first-order valence-electron chi connectivity index (χ1n) is 7.77. The van der Waals surface area contributed by atoms with Crippen LogP contribution in [0.3, 0.4) is 0 Å². The van der Waals surface area contributed by atoms with Gasteiger partial charge in [0, 0.05) is 0 Å². The van der Waals surface area contributed by atoms with Crippen LogP contribution >= 0.6 is 0 Å². The minimum absolute atomic E-state index is 0.255. The lowest BCUT2D eigenvalue weighted by Crippen LogP contribution is -2.53. The standard InChI is InChI=1S/C15H34N4O/c1-6-17-15(3,14(16)20)10-8-12-19(7-2)13-9-11-18(4)5/h17H,6-13H2,1-5H3,(H2,16,20). The van der Waals surface area contributed by atoms with Gasteiger partial charge in [-0.05, 0) is 73.0 Å². The first-order chi connectivity index (χ1) is 9.35. The Morgan fingerprint density at radius 3 is 2.20 bits per heavy atom. The van der Waals surface area contributed by atoms with Crippen LogP contribution in [0, 0.1) is 0 Å². The largest absolute Gasteiger partial charge is 0.368 e. The molecule has 0 aromatic heterocycles. The molecule has 0 radical (unpaired) electrons. The maximum atomic E-state index is 11.5. The first kappa shape index (κ1) is 19.4. The smallest absolute Gasteiger partial charge is 0.237 e. The SMILES string of the molecule is CCNC(C)(CCCN(CC)CCCN(C)C)C(N)=O. The fourth-order valence-corrected chi connectivity index (χ4v) is 2.38. The monoisotopic (exact) mass is 286 g/mol. The summed E-state index contributed by atoms with van der Waals surface area (Å²) < 4.78 is 0. The highest BCUT2D eigenvalue weighted by molar-refractivity contribution is 5.84. The summed E-state index contributed by atoms with van der Waals surface area (Å²) in [7, 11) is 4.20. The van der Waals surface area contributed by atoms with E-state index < -0.39 is 5.54 Å². The second kappa shape index (κ2) is 10.1. The number of primary amides is 1. The third-order valence-corrected chi connectivity index (χ3v) is 3.79. The van der Waals surface area contributed by atoms with E-state index in [-0.39, 0.29) is 5.91 Å². The van der Waals surface area contributed by atoms with Gasteiger partial charge in [-0.1, -0.05) is 13.8 Å². The van der Waals surface area contributed by atoms with E-state index in [1.165, 1.54) is 6.42 Å². The zero-order chi connectivity index (χ0) is 15.6. The van der Waals surface area contributed by atoms with E-state index in [0.29, 0.717) is 0 Å². The Morgan fingerprint density at radius 1 is 1.15 bits per heavy atom. The molecular formula is C15H34N4O. The molecule has 1 atom stereocenters. The molecule has 0 fully saturated rings. The fraction of sp³-hybridized carbons (Fsp3) is 0.933. The van der Waals surface area contributed by atoms with Gasteiger partial charge in [-0.3, -0.25) is 4.79 Å². The van der Waals surface area contributed by atoms with Crippen LogP contribution in [0.5, 0.6) is 0 Å². The van der Waals surface area contributed by atoms with Crippen molar-refractivity contribution >= 4 is 5.91 Å². The lowest BCUT2D eigenvalue weighted by Gasteiger charge is -2.28. The van der Waals surface area contributed by atoms with Crippen molar-refractivity contribution in [2.24, 2.45) is 5.73 Å². The van der Waals surface area contributed by atoms with Crippen molar-refractivity contribution in [2.75, 3.05) is 46.8 Å². The predicted octanol–water partition coefficient (Wildman–Crippen LogP) is 0.894. The van der Waals surface area contributed by atoms with E-state index in [2.05, 4.69) is 36.1 Å². The van der Waals surface area contributed by atoms with Crippen LogP contribution in [0.4, 0.5) is 0 Å². The molecule has 1 amide bonds. The van der Waals surface area contributed by atoms with Gasteiger partial charge in [0.25, 0.3) is 0 Å². The van der Waals surface area contributed by atoms with Gasteiger partial charge in [-0.2, -0.15) is 0 Å². The molecule has 0 spiro atoms. The van der Waals surface area contributed by atoms with E-state index in [9.17, 15) is 4.79 Å². The van der Waals surface area contributed by atoms with Gasteiger partial charge in [0.1, 0.15) is 0 Å². The molecule has 1 unspecified atom stereocenters. The summed E-state index contributed by atoms with van der Waals surface area (Å²) in [6.07, 6.45) is 2.96. The fourth-order valence-electron chi connectivity index (χ4n) is 2.38. The van der Waals surface area contributed by atoms with E-state index in [4.69, 9.17) is 5.73 Å². The Labute approximate surface area is 124 Å². The summed E-state index contributed by atoms with van der Waals surface area (Å²) in [5, 5.41) is 3.21. The molecule has 120 valence electrons. The molecule has 0 rings (SSSR count). The number of nitrogens with two attached hydrogens (primary N) is 1. The van der Waals surface area contributed by atoms with Gasteiger partial charge in [0.15, 0.2) is 0 Å². The number of amides is 1. The third kappa shape index (κ3) is 7.82. The Morgan fingerprint density at radius 2 is 1.75 bits per heavy atom. The lowest BCUT2D eigenvalue weighted by molar-refractivity contribution is -0.124.